The zero-order valence-corrected chi connectivity index (χ0v) is 19.9. The van der Waals surface area contributed by atoms with E-state index < -0.39 is 0 Å². The summed E-state index contributed by atoms with van der Waals surface area (Å²) in [5.41, 5.74) is 2.36. The number of ether oxygens (including phenoxy) is 1. The summed E-state index contributed by atoms with van der Waals surface area (Å²) in [6.07, 6.45) is 2.15. The van der Waals surface area contributed by atoms with Crippen LogP contribution in [0.25, 0.3) is 0 Å². The van der Waals surface area contributed by atoms with Crippen LogP contribution in [-0.2, 0) is 11.3 Å². The van der Waals surface area contributed by atoms with Crippen LogP contribution in [0.4, 0.5) is 0 Å². The van der Waals surface area contributed by atoms with Gasteiger partial charge in [0.25, 0.3) is 5.91 Å². The smallest absolute Gasteiger partial charge is 0.258 e. The third-order valence-electron chi connectivity index (χ3n) is 4.84. The lowest BCUT2D eigenvalue weighted by Gasteiger charge is -2.16. The van der Waals surface area contributed by atoms with E-state index >= 15 is 0 Å². The van der Waals surface area contributed by atoms with Crippen molar-refractivity contribution in [2.75, 3.05) is 20.2 Å². The average molecular weight is 522 g/mol. The number of nitrogens with one attached hydrogen (secondary N) is 3. The van der Waals surface area contributed by atoms with Crippen LogP contribution in [0.2, 0.25) is 0 Å². The second kappa shape index (κ2) is 12.4. The first-order valence-electron chi connectivity index (χ1n) is 10.1. The molecule has 0 spiro atoms. The van der Waals surface area contributed by atoms with Crippen molar-refractivity contribution in [3.8, 4) is 5.75 Å². The summed E-state index contributed by atoms with van der Waals surface area (Å²) >= 11 is 0. The minimum absolute atomic E-state index is 0. The molecule has 0 aromatic heterocycles. The number of nitrogens with zero attached hydrogens (tertiary/aromatic N) is 1. The van der Waals surface area contributed by atoms with E-state index in [1.165, 1.54) is 5.56 Å². The monoisotopic (exact) mass is 522 g/mol. The first kappa shape index (κ1) is 24.0. The number of benzene rings is 2. The van der Waals surface area contributed by atoms with E-state index in [0.29, 0.717) is 24.3 Å². The second-order valence-corrected chi connectivity index (χ2v) is 7.40. The molecule has 7 heteroatoms. The topological polar surface area (TPSA) is 74.8 Å². The number of hydrogen-bond acceptors (Lipinski definition) is 3. The number of aliphatic imine (C=N–C) groups is 1. The van der Waals surface area contributed by atoms with Crippen LogP contribution in [0, 0.1) is 0 Å². The third-order valence-corrected chi connectivity index (χ3v) is 4.84. The number of rotatable bonds is 9. The summed E-state index contributed by atoms with van der Waals surface area (Å²) in [6, 6.07) is 18.5. The van der Waals surface area contributed by atoms with Gasteiger partial charge in [0, 0.05) is 26.2 Å². The Balaban J connectivity index is 0.00000320. The van der Waals surface area contributed by atoms with Crippen molar-refractivity contribution in [2.45, 2.75) is 38.3 Å². The molecule has 30 heavy (non-hydrogen) atoms. The van der Waals surface area contributed by atoms with E-state index in [9.17, 15) is 4.79 Å². The van der Waals surface area contributed by atoms with Gasteiger partial charge in [-0.15, -0.1) is 24.0 Å². The van der Waals surface area contributed by atoms with Gasteiger partial charge in [0.05, 0.1) is 0 Å². The molecule has 1 aliphatic rings. The van der Waals surface area contributed by atoms with Crippen molar-refractivity contribution in [2.24, 2.45) is 4.99 Å². The maximum absolute atomic E-state index is 11.8. The summed E-state index contributed by atoms with van der Waals surface area (Å²) < 4.78 is 5.61. The van der Waals surface area contributed by atoms with Gasteiger partial charge < -0.3 is 20.7 Å². The minimum Gasteiger partial charge on any atom is -0.484 e. The van der Waals surface area contributed by atoms with E-state index in [-0.39, 0.29) is 36.5 Å². The Morgan fingerprint density at radius 3 is 2.60 bits per heavy atom. The van der Waals surface area contributed by atoms with E-state index in [4.69, 9.17) is 4.74 Å². The van der Waals surface area contributed by atoms with Crippen LogP contribution >= 0.6 is 24.0 Å². The molecule has 1 unspecified atom stereocenters. The number of carbonyl (C=O) groups excluding carboxylic acids is 1. The molecule has 1 atom stereocenters. The molecule has 6 nitrogen and oxygen atoms in total. The third kappa shape index (κ3) is 8.22. The number of carbonyl (C=O) groups is 1. The predicted molar refractivity (Wildman–Crippen MR) is 132 cm³/mol. The summed E-state index contributed by atoms with van der Waals surface area (Å²) in [7, 11) is 1.76. The Morgan fingerprint density at radius 1 is 1.13 bits per heavy atom. The quantitative estimate of drug-likeness (QED) is 0.268. The fourth-order valence-corrected chi connectivity index (χ4v) is 2.95. The van der Waals surface area contributed by atoms with Crippen molar-refractivity contribution < 1.29 is 9.53 Å². The van der Waals surface area contributed by atoms with Crippen molar-refractivity contribution in [1.29, 1.82) is 0 Å². The lowest BCUT2D eigenvalue weighted by atomic mass is 10.0. The Hall–Kier alpha value is -2.29. The minimum atomic E-state index is -0.0619. The highest BCUT2D eigenvalue weighted by Crippen LogP contribution is 2.18. The number of hydrogen-bond donors (Lipinski definition) is 3. The zero-order chi connectivity index (χ0) is 20.5. The fourth-order valence-electron chi connectivity index (χ4n) is 2.95. The van der Waals surface area contributed by atoms with Gasteiger partial charge in [0.1, 0.15) is 5.75 Å². The molecule has 2 aromatic carbocycles. The molecule has 0 saturated heterocycles. The van der Waals surface area contributed by atoms with Gasteiger partial charge in [0.2, 0.25) is 0 Å². The molecule has 0 aliphatic heterocycles. The molecular formula is C23H31IN4O2. The first-order valence-corrected chi connectivity index (χ1v) is 10.1. The Labute approximate surface area is 195 Å². The largest absolute Gasteiger partial charge is 0.484 e. The molecule has 1 saturated carbocycles. The van der Waals surface area contributed by atoms with E-state index in [2.05, 4.69) is 52.1 Å². The predicted octanol–water partition coefficient (Wildman–Crippen LogP) is 3.43. The Bertz CT molecular complexity index is 825. The number of amides is 1. The van der Waals surface area contributed by atoms with Gasteiger partial charge >= 0.3 is 0 Å². The van der Waals surface area contributed by atoms with Crippen LogP contribution in [0.3, 0.4) is 0 Å². The van der Waals surface area contributed by atoms with Gasteiger partial charge in [-0.25, -0.2) is 0 Å². The second-order valence-electron chi connectivity index (χ2n) is 7.40. The molecule has 0 radical (unpaired) electrons. The Kier molecular flexibility index (Phi) is 9.93. The SMILES string of the molecule is CN=C(NCc1cccc(OCC(=O)NC2CC2)c1)NCC(C)c1ccccc1.I. The van der Waals surface area contributed by atoms with Crippen LogP contribution in [-0.4, -0.2) is 38.1 Å². The van der Waals surface area contributed by atoms with Crippen molar-refractivity contribution >= 4 is 35.8 Å². The van der Waals surface area contributed by atoms with Gasteiger partial charge in [-0.05, 0) is 42.0 Å². The molecule has 162 valence electrons. The highest BCUT2D eigenvalue weighted by Gasteiger charge is 2.23. The first-order chi connectivity index (χ1) is 14.1. The van der Waals surface area contributed by atoms with E-state index in [1.807, 2.05) is 30.3 Å². The zero-order valence-electron chi connectivity index (χ0n) is 17.6. The molecule has 3 N–H and O–H groups in total. The molecule has 2 aromatic rings. The van der Waals surface area contributed by atoms with E-state index in [1.54, 1.807) is 7.05 Å². The molecule has 1 fully saturated rings. The Morgan fingerprint density at radius 2 is 1.90 bits per heavy atom. The van der Waals surface area contributed by atoms with Crippen molar-refractivity contribution in [3.05, 3.63) is 65.7 Å². The highest BCUT2D eigenvalue weighted by atomic mass is 127. The number of guanidine groups is 1. The summed E-state index contributed by atoms with van der Waals surface area (Å²) in [4.78, 5) is 16.1. The lowest BCUT2D eigenvalue weighted by molar-refractivity contribution is -0.123. The summed E-state index contributed by atoms with van der Waals surface area (Å²) in [5, 5.41) is 9.62. The molecule has 0 bridgehead atoms. The van der Waals surface area contributed by atoms with Gasteiger partial charge in [0.15, 0.2) is 12.6 Å². The summed E-state index contributed by atoms with van der Waals surface area (Å²) in [5.74, 6) is 1.76. The van der Waals surface area contributed by atoms with E-state index in [0.717, 1.165) is 30.9 Å². The standard InChI is InChI=1S/C23H30N4O2.HI/c1-17(19-8-4-3-5-9-19)14-25-23(24-2)26-15-18-7-6-10-21(13-18)29-16-22(28)27-20-11-12-20;/h3-10,13,17,20H,11-12,14-16H2,1-2H3,(H,27,28)(H2,24,25,26);1H. The normalized spacial score (nSPS) is 14.3. The van der Waals surface area contributed by atoms with Crippen LogP contribution < -0.4 is 20.7 Å². The molecule has 1 aliphatic carbocycles. The van der Waals surface area contributed by atoms with Crippen LogP contribution in [0.15, 0.2) is 59.6 Å². The number of halogens is 1. The molecule has 3 rings (SSSR count). The van der Waals surface area contributed by atoms with Crippen molar-refractivity contribution in [3.63, 3.8) is 0 Å². The average Bonchev–Trinajstić information content (AvgIpc) is 3.57. The maximum atomic E-state index is 11.8. The van der Waals surface area contributed by atoms with Gasteiger partial charge in [-0.3, -0.25) is 9.79 Å². The summed E-state index contributed by atoms with van der Waals surface area (Å²) in [6.45, 7) is 3.65. The van der Waals surface area contributed by atoms with Crippen LogP contribution in [0.5, 0.6) is 5.75 Å². The maximum Gasteiger partial charge on any atom is 0.258 e. The van der Waals surface area contributed by atoms with Gasteiger partial charge in [-0.2, -0.15) is 0 Å². The molecular weight excluding hydrogens is 491 g/mol. The fraction of sp³-hybridized carbons (Fsp3) is 0.391. The van der Waals surface area contributed by atoms with Gasteiger partial charge in [-0.1, -0.05) is 49.4 Å². The lowest BCUT2D eigenvalue weighted by Crippen LogP contribution is -2.38. The molecule has 1 amide bonds. The molecule has 0 heterocycles. The van der Waals surface area contributed by atoms with Crippen molar-refractivity contribution in [1.82, 2.24) is 16.0 Å². The van der Waals surface area contributed by atoms with Crippen LogP contribution in [0.1, 0.15) is 36.8 Å². The highest BCUT2D eigenvalue weighted by molar-refractivity contribution is 14.0.